The molecule has 160 valence electrons. The zero-order valence-electron chi connectivity index (χ0n) is 17.0. The molecule has 1 unspecified atom stereocenters. The summed E-state index contributed by atoms with van der Waals surface area (Å²) < 4.78 is 0. The van der Waals surface area contributed by atoms with Crippen molar-refractivity contribution >= 4 is 41.3 Å². The Morgan fingerprint density at radius 3 is 2.27 bits per heavy atom. The van der Waals surface area contributed by atoms with Crippen molar-refractivity contribution in [2.24, 2.45) is 5.92 Å². The molecular formula is C23H26Cl2N2O3. The first-order valence-corrected chi connectivity index (χ1v) is 10.6. The average Bonchev–Trinajstić information content (AvgIpc) is 2.72. The number of aryl methyl sites for hydroxylation is 1. The number of nitrogens with one attached hydrogen (secondary N) is 2. The molecule has 0 bridgehead atoms. The summed E-state index contributed by atoms with van der Waals surface area (Å²) in [5.41, 5.74) is 1.83. The molecule has 2 rings (SSSR count). The number of carbonyl (C=O) groups is 3. The van der Waals surface area contributed by atoms with Gasteiger partial charge in [-0.3, -0.25) is 9.59 Å². The maximum atomic E-state index is 12.7. The van der Waals surface area contributed by atoms with Crippen LogP contribution in [0, 0.1) is 5.92 Å². The summed E-state index contributed by atoms with van der Waals surface area (Å²) >= 11 is 11.9. The smallest absolute Gasteiger partial charge is 0.243 e. The van der Waals surface area contributed by atoms with Gasteiger partial charge in [0.25, 0.3) is 0 Å². The Balaban J connectivity index is 1.92. The zero-order chi connectivity index (χ0) is 22.1. The standard InChI is InChI=1S/C23H26Cl2N2O3/c1-15(2)22(23(30)26-18(14-28)12-16-6-4-3-5-7-16)27-21(29)11-9-17-8-10-19(24)20(25)13-17/h3-8,10,13-15,18,22H,9,11-12H2,1-2H3,(H,26,30)(H,27,29)/t18?,22-/m0/s1. The van der Waals surface area contributed by atoms with Gasteiger partial charge in [-0.25, -0.2) is 0 Å². The molecule has 5 nitrogen and oxygen atoms in total. The molecule has 0 saturated carbocycles. The summed E-state index contributed by atoms with van der Waals surface area (Å²) in [5.74, 6) is -0.760. The minimum Gasteiger partial charge on any atom is -0.344 e. The maximum Gasteiger partial charge on any atom is 0.243 e. The number of benzene rings is 2. The van der Waals surface area contributed by atoms with Crippen molar-refractivity contribution in [3.63, 3.8) is 0 Å². The average molecular weight is 449 g/mol. The molecule has 7 heteroatoms. The molecule has 0 radical (unpaired) electrons. The van der Waals surface area contributed by atoms with E-state index in [1.54, 1.807) is 12.1 Å². The van der Waals surface area contributed by atoms with E-state index in [0.29, 0.717) is 29.2 Å². The first kappa shape index (κ1) is 23.9. The highest BCUT2D eigenvalue weighted by molar-refractivity contribution is 6.42. The third-order valence-corrected chi connectivity index (χ3v) is 5.42. The second-order valence-electron chi connectivity index (χ2n) is 7.48. The quantitative estimate of drug-likeness (QED) is 0.539. The van der Waals surface area contributed by atoms with Gasteiger partial charge >= 0.3 is 0 Å². The Hall–Kier alpha value is -2.37. The summed E-state index contributed by atoms with van der Waals surface area (Å²) in [6.07, 6.45) is 1.79. The second-order valence-corrected chi connectivity index (χ2v) is 8.29. The van der Waals surface area contributed by atoms with E-state index in [2.05, 4.69) is 10.6 Å². The van der Waals surface area contributed by atoms with Crippen molar-refractivity contribution in [3.8, 4) is 0 Å². The van der Waals surface area contributed by atoms with Crippen molar-refractivity contribution in [1.29, 1.82) is 0 Å². The van der Waals surface area contributed by atoms with E-state index in [0.717, 1.165) is 11.1 Å². The summed E-state index contributed by atoms with van der Waals surface area (Å²) in [7, 11) is 0. The molecule has 0 aliphatic carbocycles. The van der Waals surface area contributed by atoms with Crippen LogP contribution in [0.15, 0.2) is 48.5 Å². The largest absolute Gasteiger partial charge is 0.344 e. The fourth-order valence-corrected chi connectivity index (χ4v) is 3.33. The Kier molecular flexibility index (Phi) is 9.34. The van der Waals surface area contributed by atoms with Gasteiger partial charge in [0.2, 0.25) is 11.8 Å². The highest BCUT2D eigenvalue weighted by Crippen LogP contribution is 2.23. The molecular weight excluding hydrogens is 423 g/mol. The molecule has 2 amide bonds. The molecule has 0 aliphatic heterocycles. The Morgan fingerprint density at radius 2 is 1.67 bits per heavy atom. The maximum absolute atomic E-state index is 12.7. The van der Waals surface area contributed by atoms with Crippen molar-refractivity contribution in [2.45, 2.75) is 45.2 Å². The van der Waals surface area contributed by atoms with Gasteiger partial charge in [0.1, 0.15) is 12.3 Å². The number of carbonyl (C=O) groups excluding carboxylic acids is 3. The van der Waals surface area contributed by atoms with Crippen LogP contribution in [0.2, 0.25) is 10.0 Å². The van der Waals surface area contributed by atoms with Crippen LogP contribution in [0.5, 0.6) is 0 Å². The molecule has 2 N–H and O–H groups in total. The van der Waals surface area contributed by atoms with E-state index >= 15 is 0 Å². The summed E-state index contributed by atoms with van der Waals surface area (Å²) in [6, 6.07) is 13.3. The van der Waals surface area contributed by atoms with Crippen LogP contribution in [0.3, 0.4) is 0 Å². The summed E-state index contributed by atoms with van der Waals surface area (Å²) in [4.78, 5) is 36.6. The Morgan fingerprint density at radius 1 is 0.967 bits per heavy atom. The molecule has 2 aromatic carbocycles. The van der Waals surface area contributed by atoms with E-state index in [1.807, 2.05) is 50.2 Å². The van der Waals surface area contributed by atoms with E-state index in [9.17, 15) is 14.4 Å². The van der Waals surface area contributed by atoms with Crippen LogP contribution in [-0.4, -0.2) is 30.2 Å². The van der Waals surface area contributed by atoms with Crippen LogP contribution in [0.4, 0.5) is 0 Å². The highest BCUT2D eigenvalue weighted by Gasteiger charge is 2.26. The van der Waals surface area contributed by atoms with Gasteiger partial charge in [0.05, 0.1) is 16.1 Å². The lowest BCUT2D eigenvalue weighted by Crippen LogP contribution is -2.52. The number of halogens is 2. The molecule has 0 saturated heterocycles. The van der Waals surface area contributed by atoms with E-state index in [-0.39, 0.29) is 24.2 Å². The molecule has 2 atom stereocenters. The van der Waals surface area contributed by atoms with Crippen LogP contribution >= 0.6 is 23.2 Å². The fraction of sp³-hybridized carbons (Fsp3) is 0.348. The molecule has 0 aliphatic rings. The minimum absolute atomic E-state index is 0.136. The summed E-state index contributed by atoms with van der Waals surface area (Å²) in [6.45, 7) is 3.69. The van der Waals surface area contributed by atoms with Gasteiger partial charge in [0, 0.05) is 6.42 Å². The topological polar surface area (TPSA) is 75.3 Å². The van der Waals surface area contributed by atoms with Gasteiger partial charge < -0.3 is 15.4 Å². The predicted octanol–water partition coefficient (Wildman–Crippen LogP) is 3.99. The van der Waals surface area contributed by atoms with Crippen molar-refractivity contribution in [2.75, 3.05) is 0 Å². The zero-order valence-corrected chi connectivity index (χ0v) is 18.5. The van der Waals surface area contributed by atoms with Crippen LogP contribution < -0.4 is 10.6 Å². The van der Waals surface area contributed by atoms with Gasteiger partial charge in [-0.2, -0.15) is 0 Å². The van der Waals surface area contributed by atoms with Gasteiger partial charge in [-0.15, -0.1) is 0 Å². The third kappa shape index (κ3) is 7.47. The molecule has 0 spiro atoms. The van der Waals surface area contributed by atoms with Crippen LogP contribution in [0.25, 0.3) is 0 Å². The van der Waals surface area contributed by atoms with Gasteiger partial charge in [-0.1, -0.05) is 73.4 Å². The van der Waals surface area contributed by atoms with Crippen molar-refractivity contribution in [1.82, 2.24) is 10.6 Å². The van der Waals surface area contributed by atoms with Crippen LogP contribution in [-0.2, 0) is 27.2 Å². The molecule has 2 aromatic rings. The number of hydrogen-bond donors (Lipinski definition) is 2. The molecule has 0 aromatic heterocycles. The minimum atomic E-state index is -0.732. The number of aldehydes is 1. The van der Waals surface area contributed by atoms with Gasteiger partial charge in [-0.05, 0) is 42.0 Å². The lowest BCUT2D eigenvalue weighted by molar-refractivity contribution is -0.131. The monoisotopic (exact) mass is 448 g/mol. The lowest BCUT2D eigenvalue weighted by atomic mass is 10.0. The van der Waals surface area contributed by atoms with Gasteiger partial charge in [0.15, 0.2) is 0 Å². The number of rotatable bonds is 10. The van der Waals surface area contributed by atoms with E-state index in [4.69, 9.17) is 23.2 Å². The number of amides is 2. The second kappa shape index (κ2) is 11.7. The Bertz CT molecular complexity index is 872. The van der Waals surface area contributed by atoms with E-state index < -0.39 is 12.1 Å². The molecule has 30 heavy (non-hydrogen) atoms. The van der Waals surface area contributed by atoms with Crippen LogP contribution in [0.1, 0.15) is 31.4 Å². The number of hydrogen-bond acceptors (Lipinski definition) is 3. The third-order valence-electron chi connectivity index (χ3n) is 4.68. The predicted molar refractivity (Wildman–Crippen MR) is 120 cm³/mol. The van der Waals surface area contributed by atoms with Crippen molar-refractivity contribution in [3.05, 3.63) is 69.7 Å². The molecule has 0 fully saturated rings. The Labute approximate surface area is 187 Å². The highest BCUT2D eigenvalue weighted by atomic mass is 35.5. The first-order chi connectivity index (χ1) is 14.3. The summed E-state index contributed by atoms with van der Waals surface area (Å²) in [5, 5.41) is 6.41. The van der Waals surface area contributed by atoms with Crippen molar-refractivity contribution < 1.29 is 14.4 Å². The SMILES string of the molecule is CC(C)[C@H](NC(=O)CCc1ccc(Cl)c(Cl)c1)C(=O)NC(C=O)Cc1ccccc1. The fourth-order valence-electron chi connectivity index (χ4n) is 3.01. The normalized spacial score (nSPS) is 12.8. The first-order valence-electron chi connectivity index (χ1n) is 9.83. The van der Waals surface area contributed by atoms with E-state index in [1.165, 1.54) is 0 Å². The lowest BCUT2D eigenvalue weighted by Gasteiger charge is -2.23. The molecule has 0 heterocycles.